The molecule has 1 fully saturated rings. The van der Waals surface area contributed by atoms with Crippen molar-refractivity contribution < 1.29 is 4.42 Å². The topological polar surface area (TPSA) is 102 Å². The van der Waals surface area contributed by atoms with Crippen molar-refractivity contribution >= 4 is 29.4 Å². The van der Waals surface area contributed by atoms with E-state index in [-0.39, 0.29) is 0 Å². The van der Waals surface area contributed by atoms with Crippen LogP contribution in [0, 0.1) is 0 Å². The highest BCUT2D eigenvalue weighted by Crippen LogP contribution is 2.26. The van der Waals surface area contributed by atoms with Gasteiger partial charge < -0.3 is 24.4 Å². The van der Waals surface area contributed by atoms with E-state index in [1.807, 2.05) is 60.5 Å². The summed E-state index contributed by atoms with van der Waals surface area (Å²) >= 11 is 0. The van der Waals surface area contributed by atoms with Gasteiger partial charge >= 0.3 is 0 Å². The maximum absolute atomic E-state index is 5.43. The third kappa shape index (κ3) is 4.26. The number of H-pyrrole nitrogens is 1. The molecule has 4 heterocycles. The second-order valence-electron chi connectivity index (χ2n) is 7.71. The van der Waals surface area contributed by atoms with E-state index in [0.29, 0.717) is 29.4 Å². The van der Waals surface area contributed by atoms with E-state index < -0.39 is 0 Å². The Morgan fingerprint density at radius 1 is 1.00 bits per heavy atom. The van der Waals surface area contributed by atoms with Gasteiger partial charge in [0, 0.05) is 45.0 Å². The molecule has 0 radical (unpaired) electrons. The van der Waals surface area contributed by atoms with Crippen LogP contribution >= 0.6 is 0 Å². The molecule has 10 nitrogen and oxygen atoms in total. The molecule has 5 rings (SSSR count). The number of nitrogens with zero attached hydrogens (tertiary/aromatic N) is 7. The summed E-state index contributed by atoms with van der Waals surface area (Å²) in [5, 5.41) is 10.5. The number of anilines is 5. The molecule has 1 saturated heterocycles. The summed E-state index contributed by atoms with van der Waals surface area (Å²) in [6.07, 6.45) is 1.63. The number of hydrogen-bond donors (Lipinski definition) is 2. The van der Waals surface area contributed by atoms with Gasteiger partial charge in [0.2, 0.25) is 17.8 Å². The molecule has 164 valence electrons. The number of para-hydroxylation sites is 1. The highest BCUT2D eigenvalue weighted by molar-refractivity contribution is 5.63. The van der Waals surface area contributed by atoms with Crippen LogP contribution in [-0.2, 0) is 0 Å². The number of piperazine rings is 1. The summed E-state index contributed by atoms with van der Waals surface area (Å²) in [5.41, 5.74) is 1.77. The largest absolute Gasteiger partial charge is 0.463 e. The fraction of sp³-hybridized carbons (Fsp3) is 0.273. The zero-order chi connectivity index (χ0) is 21.9. The van der Waals surface area contributed by atoms with Crippen LogP contribution in [0.4, 0.5) is 29.4 Å². The zero-order valence-corrected chi connectivity index (χ0v) is 18.1. The minimum Gasteiger partial charge on any atom is -0.463 e. The van der Waals surface area contributed by atoms with Crippen LogP contribution in [0.2, 0.25) is 0 Å². The Bertz CT molecular complexity index is 1150. The average Bonchev–Trinajstić information content (AvgIpc) is 3.52. The number of likely N-dealkylation sites (N-methyl/N-ethyl adjacent to an activating group) is 1. The van der Waals surface area contributed by atoms with Crippen LogP contribution in [0.25, 0.3) is 11.5 Å². The minimum absolute atomic E-state index is 0.434. The van der Waals surface area contributed by atoms with Crippen molar-refractivity contribution in [2.45, 2.75) is 0 Å². The predicted octanol–water partition coefficient (Wildman–Crippen LogP) is 3.12. The van der Waals surface area contributed by atoms with Gasteiger partial charge in [0.15, 0.2) is 11.6 Å². The van der Waals surface area contributed by atoms with Crippen molar-refractivity contribution in [1.29, 1.82) is 0 Å². The molecule has 1 aliphatic heterocycles. The van der Waals surface area contributed by atoms with E-state index in [1.165, 1.54) is 0 Å². The number of aromatic nitrogens is 5. The van der Waals surface area contributed by atoms with Crippen molar-refractivity contribution in [3.05, 3.63) is 54.8 Å². The maximum atomic E-state index is 5.43. The Balaban J connectivity index is 1.46. The summed E-state index contributed by atoms with van der Waals surface area (Å²) in [6, 6.07) is 15.6. The van der Waals surface area contributed by atoms with E-state index in [1.54, 1.807) is 6.26 Å². The van der Waals surface area contributed by atoms with E-state index in [9.17, 15) is 0 Å². The van der Waals surface area contributed by atoms with Crippen molar-refractivity contribution in [1.82, 2.24) is 30.0 Å². The maximum Gasteiger partial charge on any atom is 0.236 e. The number of aromatic amines is 1. The second kappa shape index (κ2) is 8.67. The van der Waals surface area contributed by atoms with E-state index >= 15 is 0 Å². The number of nitrogens with one attached hydrogen (secondary N) is 2. The molecule has 4 aromatic rings. The van der Waals surface area contributed by atoms with Crippen LogP contribution in [0.15, 0.2) is 59.2 Å². The number of rotatable bonds is 6. The molecule has 0 unspecified atom stereocenters. The summed E-state index contributed by atoms with van der Waals surface area (Å²) in [6.45, 7) is 3.65. The molecule has 0 amide bonds. The lowest BCUT2D eigenvalue weighted by atomic mass is 10.3. The smallest absolute Gasteiger partial charge is 0.236 e. The molecular weight excluding hydrogens is 406 g/mol. The van der Waals surface area contributed by atoms with Gasteiger partial charge in [-0.25, -0.2) is 0 Å². The summed E-state index contributed by atoms with van der Waals surface area (Å²) in [4.78, 5) is 20.6. The van der Waals surface area contributed by atoms with Gasteiger partial charge in [0.1, 0.15) is 5.69 Å². The van der Waals surface area contributed by atoms with Crippen molar-refractivity contribution in [2.24, 2.45) is 0 Å². The Morgan fingerprint density at radius 2 is 1.81 bits per heavy atom. The highest BCUT2D eigenvalue weighted by atomic mass is 16.3. The number of hydrogen-bond acceptors (Lipinski definition) is 9. The van der Waals surface area contributed by atoms with Crippen LogP contribution in [0.3, 0.4) is 0 Å². The average molecular weight is 432 g/mol. The Morgan fingerprint density at radius 3 is 2.56 bits per heavy atom. The molecule has 10 heteroatoms. The van der Waals surface area contributed by atoms with Crippen molar-refractivity contribution in [2.75, 3.05) is 55.4 Å². The molecule has 1 aromatic carbocycles. The third-order valence-corrected chi connectivity index (χ3v) is 5.45. The normalized spacial score (nSPS) is 14.5. The summed E-state index contributed by atoms with van der Waals surface area (Å²) in [5.74, 6) is 2.95. The highest BCUT2D eigenvalue weighted by Gasteiger charge is 2.20. The van der Waals surface area contributed by atoms with E-state index in [4.69, 9.17) is 14.4 Å². The molecule has 0 bridgehead atoms. The summed E-state index contributed by atoms with van der Waals surface area (Å²) in [7, 11) is 4.08. The van der Waals surface area contributed by atoms with Gasteiger partial charge in [-0.15, -0.1) is 0 Å². The molecule has 32 heavy (non-hydrogen) atoms. The third-order valence-electron chi connectivity index (χ3n) is 5.45. The van der Waals surface area contributed by atoms with Gasteiger partial charge in [-0.05, 0) is 31.3 Å². The van der Waals surface area contributed by atoms with Gasteiger partial charge in [-0.2, -0.15) is 20.1 Å². The fourth-order valence-electron chi connectivity index (χ4n) is 3.53. The standard InChI is InChI=1S/C22H25N9O/c1-29-10-12-31(13-11-29)22-25-20(23-19-15-17(27-28-19)18-9-6-14-32-18)24-21(26-22)30(2)16-7-4-3-5-8-16/h3-9,14-15H,10-13H2,1-2H3,(H2,23,24,25,26,27,28). The molecule has 0 spiro atoms. The van der Waals surface area contributed by atoms with Crippen molar-refractivity contribution in [3.63, 3.8) is 0 Å². The monoisotopic (exact) mass is 431 g/mol. The second-order valence-corrected chi connectivity index (χ2v) is 7.71. The van der Waals surface area contributed by atoms with E-state index in [0.717, 1.165) is 37.6 Å². The van der Waals surface area contributed by atoms with Gasteiger partial charge in [0.25, 0.3) is 0 Å². The summed E-state index contributed by atoms with van der Waals surface area (Å²) < 4.78 is 5.43. The first-order chi connectivity index (χ1) is 15.7. The number of benzene rings is 1. The Labute approximate surface area is 185 Å². The quantitative estimate of drug-likeness (QED) is 0.477. The lowest BCUT2D eigenvalue weighted by molar-refractivity contribution is 0.311. The SMILES string of the molecule is CN1CCN(c2nc(Nc3cc(-c4ccco4)[nH]n3)nc(N(C)c3ccccc3)n2)CC1. The van der Waals surface area contributed by atoms with Gasteiger partial charge in [0.05, 0.1) is 6.26 Å². The van der Waals surface area contributed by atoms with Crippen LogP contribution in [-0.4, -0.2) is 70.3 Å². The fourth-order valence-corrected chi connectivity index (χ4v) is 3.53. The van der Waals surface area contributed by atoms with Crippen LogP contribution < -0.4 is 15.1 Å². The number of furan rings is 1. The molecule has 0 saturated carbocycles. The molecule has 0 atom stereocenters. The van der Waals surface area contributed by atoms with E-state index in [2.05, 4.69) is 37.3 Å². The predicted molar refractivity (Wildman–Crippen MR) is 124 cm³/mol. The molecule has 2 N–H and O–H groups in total. The molecule has 1 aliphatic rings. The van der Waals surface area contributed by atoms with Gasteiger partial charge in [-0.3, -0.25) is 5.10 Å². The first-order valence-electron chi connectivity index (χ1n) is 10.5. The Kier molecular flexibility index (Phi) is 5.42. The molecule has 0 aliphatic carbocycles. The van der Waals surface area contributed by atoms with Crippen molar-refractivity contribution in [3.8, 4) is 11.5 Å². The minimum atomic E-state index is 0.434. The van der Waals surface area contributed by atoms with Crippen LogP contribution in [0.5, 0.6) is 0 Å². The Hall–Kier alpha value is -3.92. The molecular formula is C22H25N9O. The first kappa shape index (κ1) is 20.0. The zero-order valence-electron chi connectivity index (χ0n) is 18.1. The lowest BCUT2D eigenvalue weighted by Gasteiger charge is -2.32. The van der Waals surface area contributed by atoms with Gasteiger partial charge in [-0.1, -0.05) is 18.2 Å². The lowest BCUT2D eigenvalue weighted by Crippen LogP contribution is -2.45. The first-order valence-corrected chi connectivity index (χ1v) is 10.5. The molecule has 3 aromatic heterocycles. The van der Waals surface area contributed by atoms with Crippen LogP contribution in [0.1, 0.15) is 0 Å².